The van der Waals surface area contributed by atoms with Gasteiger partial charge in [-0.3, -0.25) is 9.78 Å². The van der Waals surface area contributed by atoms with Gasteiger partial charge >= 0.3 is 0 Å². The molecule has 0 aliphatic carbocycles. The Bertz CT molecular complexity index is 593. The number of pyridine rings is 1. The van der Waals surface area contributed by atoms with Crippen LogP contribution in [0.2, 0.25) is 0 Å². The molecule has 0 fully saturated rings. The van der Waals surface area contributed by atoms with Crippen molar-refractivity contribution in [2.24, 2.45) is 0 Å². The lowest BCUT2D eigenvalue weighted by Crippen LogP contribution is -2.19. The first-order valence-corrected chi connectivity index (χ1v) is 5.79. The van der Waals surface area contributed by atoms with Gasteiger partial charge in [-0.1, -0.05) is 0 Å². The SMILES string of the molecule is Cc1nccc2cc(N(C)C=O)c(N(C)C)cc12. The van der Waals surface area contributed by atoms with Crippen molar-refractivity contribution in [3.05, 3.63) is 30.1 Å². The van der Waals surface area contributed by atoms with Crippen LogP contribution in [0.15, 0.2) is 24.4 Å². The molecule has 0 spiro atoms. The Hall–Kier alpha value is -2.10. The van der Waals surface area contributed by atoms with Crippen molar-refractivity contribution in [2.45, 2.75) is 6.92 Å². The monoisotopic (exact) mass is 243 g/mol. The van der Waals surface area contributed by atoms with Crippen LogP contribution in [0.1, 0.15) is 5.69 Å². The summed E-state index contributed by atoms with van der Waals surface area (Å²) in [4.78, 5) is 18.9. The maximum absolute atomic E-state index is 11.0. The van der Waals surface area contributed by atoms with Gasteiger partial charge in [-0.25, -0.2) is 0 Å². The predicted octanol–water partition coefficient (Wildman–Crippen LogP) is 2.20. The Morgan fingerprint density at radius 2 is 1.89 bits per heavy atom. The second kappa shape index (κ2) is 4.64. The molecule has 2 aromatic rings. The molecule has 18 heavy (non-hydrogen) atoms. The Balaban J connectivity index is 2.76. The number of benzene rings is 1. The Morgan fingerprint density at radius 1 is 1.17 bits per heavy atom. The molecular weight excluding hydrogens is 226 g/mol. The minimum atomic E-state index is 0.822. The number of hydrogen-bond donors (Lipinski definition) is 0. The van der Waals surface area contributed by atoms with Crippen molar-refractivity contribution < 1.29 is 4.79 Å². The molecule has 1 heterocycles. The molecule has 2 rings (SSSR count). The van der Waals surface area contributed by atoms with Gasteiger partial charge in [0.1, 0.15) is 0 Å². The van der Waals surface area contributed by atoms with Crippen molar-refractivity contribution >= 4 is 28.6 Å². The predicted molar refractivity (Wildman–Crippen MR) is 75.3 cm³/mol. The van der Waals surface area contributed by atoms with E-state index in [1.165, 1.54) is 0 Å². The molecule has 0 radical (unpaired) electrons. The van der Waals surface area contributed by atoms with E-state index in [9.17, 15) is 4.79 Å². The molecule has 0 unspecified atom stereocenters. The number of aryl methyl sites for hydroxylation is 1. The highest BCUT2D eigenvalue weighted by atomic mass is 16.1. The van der Waals surface area contributed by atoms with Crippen molar-refractivity contribution in [1.82, 2.24) is 4.98 Å². The largest absolute Gasteiger partial charge is 0.376 e. The van der Waals surface area contributed by atoms with Gasteiger partial charge in [0, 0.05) is 38.4 Å². The number of anilines is 2. The molecule has 0 aliphatic heterocycles. The molecule has 4 heteroatoms. The maximum atomic E-state index is 11.0. The highest BCUT2D eigenvalue weighted by Crippen LogP contribution is 2.32. The first-order chi connectivity index (χ1) is 8.54. The van der Waals surface area contributed by atoms with Crippen molar-refractivity contribution in [1.29, 1.82) is 0 Å². The maximum Gasteiger partial charge on any atom is 0.213 e. The Morgan fingerprint density at radius 3 is 2.50 bits per heavy atom. The third-order valence-electron chi connectivity index (χ3n) is 3.08. The number of hydrogen-bond acceptors (Lipinski definition) is 3. The van der Waals surface area contributed by atoms with E-state index >= 15 is 0 Å². The standard InChI is InChI=1S/C14H17N3O/c1-10-12-8-13(16(2)3)14(17(4)9-18)7-11(12)5-6-15-10/h5-9H,1-4H3. The Kier molecular flexibility index (Phi) is 3.19. The van der Waals surface area contributed by atoms with E-state index in [-0.39, 0.29) is 0 Å². The van der Waals surface area contributed by atoms with Gasteiger partial charge in [-0.2, -0.15) is 0 Å². The molecular formula is C14H17N3O. The zero-order chi connectivity index (χ0) is 13.3. The normalized spacial score (nSPS) is 10.4. The average Bonchev–Trinajstić information content (AvgIpc) is 2.36. The summed E-state index contributed by atoms with van der Waals surface area (Å²) >= 11 is 0. The van der Waals surface area contributed by atoms with E-state index in [0.717, 1.165) is 34.3 Å². The fourth-order valence-corrected chi connectivity index (χ4v) is 2.04. The van der Waals surface area contributed by atoms with Gasteiger partial charge < -0.3 is 9.80 Å². The highest BCUT2D eigenvalue weighted by molar-refractivity contribution is 5.96. The van der Waals surface area contributed by atoms with E-state index in [2.05, 4.69) is 11.1 Å². The summed E-state index contributed by atoms with van der Waals surface area (Å²) in [6.45, 7) is 1.99. The fourth-order valence-electron chi connectivity index (χ4n) is 2.04. The van der Waals surface area contributed by atoms with E-state index in [1.807, 2.05) is 38.1 Å². The Labute approximate surface area is 107 Å². The topological polar surface area (TPSA) is 36.4 Å². The molecule has 0 saturated carbocycles. The zero-order valence-corrected chi connectivity index (χ0v) is 11.1. The van der Waals surface area contributed by atoms with Gasteiger partial charge in [0.2, 0.25) is 6.41 Å². The molecule has 1 amide bonds. The zero-order valence-electron chi connectivity index (χ0n) is 11.1. The molecule has 0 atom stereocenters. The van der Waals surface area contributed by atoms with Crippen LogP contribution in [0.5, 0.6) is 0 Å². The molecule has 0 N–H and O–H groups in total. The number of amides is 1. The minimum Gasteiger partial charge on any atom is -0.376 e. The third kappa shape index (κ3) is 2.01. The minimum absolute atomic E-state index is 0.822. The van der Waals surface area contributed by atoms with Crippen LogP contribution in [0, 0.1) is 6.92 Å². The van der Waals surface area contributed by atoms with Crippen molar-refractivity contribution in [3.63, 3.8) is 0 Å². The molecule has 1 aromatic carbocycles. The van der Waals surface area contributed by atoms with Crippen molar-refractivity contribution in [2.75, 3.05) is 30.9 Å². The third-order valence-corrected chi connectivity index (χ3v) is 3.08. The second-order valence-electron chi connectivity index (χ2n) is 4.57. The number of aromatic nitrogens is 1. The van der Waals surface area contributed by atoms with Crippen LogP contribution < -0.4 is 9.80 Å². The molecule has 0 aliphatic rings. The second-order valence-corrected chi connectivity index (χ2v) is 4.57. The number of carbonyl (C=O) groups is 1. The summed E-state index contributed by atoms with van der Waals surface area (Å²) in [5, 5.41) is 2.21. The van der Waals surface area contributed by atoms with E-state index in [4.69, 9.17) is 0 Å². The molecule has 0 bridgehead atoms. The van der Waals surface area contributed by atoms with E-state index < -0.39 is 0 Å². The van der Waals surface area contributed by atoms with Crippen LogP contribution in [-0.2, 0) is 4.79 Å². The number of nitrogens with zero attached hydrogens (tertiary/aromatic N) is 3. The lowest BCUT2D eigenvalue weighted by molar-refractivity contribution is -0.107. The van der Waals surface area contributed by atoms with Crippen LogP contribution in [-0.4, -0.2) is 32.5 Å². The molecule has 1 aromatic heterocycles. The van der Waals surface area contributed by atoms with Crippen molar-refractivity contribution in [3.8, 4) is 0 Å². The quantitative estimate of drug-likeness (QED) is 0.775. The van der Waals surface area contributed by atoms with Crippen LogP contribution in [0.4, 0.5) is 11.4 Å². The smallest absolute Gasteiger partial charge is 0.213 e. The summed E-state index contributed by atoms with van der Waals surface area (Å²) in [5.41, 5.74) is 2.90. The average molecular weight is 243 g/mol. The van der Waals surface area contributed by atoms with Gasteiger partial charge in [-0.05, 0) is 30.5 Å². The number of fused-ring (bicyclic) bond motifs is 1. The van der Waals surface area contributed by atoms with Gasteiger partial charge in [-0.15, -0.1) is 0 Å². The lowest BCUT2D eigenvalue weighted by Gasteiger charge is -2.22. The molecule has 0 saturated heterocycles. The fraction of sp³-hybridized carbons (Fsp3) is 0.286. The van der Waals surface area contributed by atoms with Crippen LogP contribution in [0.3, 0.4) is 0 Å². The van der Waals surface area contributed by atoms with Gasteiger partial charge in [0.05, 0.1) is 11.4 Å². The molecule has 4 nitrogen and oxygen atoms in total. The summed E-state index contributed by atoms with van der Waals surface area (Å²) in [5.74, 6) is 0. The summed E-state index contributed by atoms with van der Waals surface area (Å²) in [6.07, 6.45) is 2.61. The lowest BCUT2D eigenvalue weighted by atomic mass is 10.1. The molecule has 94 valence electrons. The highest BCUT2D eigenvalue weighted by Gasteiger charge is 2.11. The van der Waals surface area contributed by atoms with Gasteiger partial charge in [0.15, 0.2) is 0 Å². The first kappa shape index (κ1) is 12.4. The van der Waals surface area contributed by atoms with E-state index in [0.29, 0.717) is 0 Å². The summed E-state index contributed by atoms with van der Waals surface area (Å²) < 4.78 is 0. The summed E-state index contributed by atoms with van der Waals surface area (Å²) in [7, 11) is 5.69. The number of carbonyl (C=O) groups excluding carboxylic acids is 1. The van der Waals surface area contributed by atoms with Gasteiger partial charge in [0.25, 0.3) is 0 Å². The summed E-state index contributed by atoms with van der Waals surface area (Å²) in [6, 6.07) is 6.06. The van der Waals surface area contributed by atoms with Crippen LogP contribution >= 0.6 is 0 Å². The first-order valence-electron chi connectivity index (χ1n) is 5.79. The number of rotatable bonds is 3. The van der Waals surface area contributed by atoms with E-state index in [1.54, 1.807) is 18.1 Å². The van der Waals surface area contributed by atoms with Crippen LogP contribution in [0.25, 0.3) is 10.8 Å².